The van der Waals surface area contributed by atoms with E-state index in [2.05, 4.69) is 11.8 Å². The number of rotatable bonds is 9. The van der Waals surface area contributed by atoms with E-state index in [0.717, 1.165) is 44.2 Å². The van der Waals surface area contributed by atoms with Crippen LogP contribution in [0.2, 0.25) is 0 Å². The van der Waals surface area contributed by atoms with Gasteiger partial charge in [0.15, 0.2) is 0 Å². The van der Waals surface area contributed by atoms with Gasteiger partial charge in [-0.15, -0.1) is 0 Å². The molecule has 0 aromatic heterocycles. The number of carbonyl (C=O) groups is 1. The van der Waals surface area contributed by atoms with Crippen molar-refractivity contribution in [2.24, 2.45) is 5.92 Å². The average molecular weight is 293 g/mol. The van der Waals surface area contributed by atoms with Gasteiger partial charge in [0, 0.05) is 19.6 Å². The molecule has 116 valence electrons. The molecule has 1 aliphatic rings. The highest BCUT2D eigenvalue weighted by atomic mass is 16.5. The van der Waals surface area contributed by atoms with Crippen LogP contribution in [0.25, 0.3) is 0 Å². The molecule has 0 amide bonds. The number of aliphatic carboxylic acids is 1. The summed E-state index contributed by atoms with van der Waals surface area (Å²) in [5, 5.41) is 8.68. The van der Waals surface area contributed by atoms with E-state index in [1.165, 1.54) is 0 Å². The largest absolute Gasteiger partial charge is 0.494 e. The van der Waals surface area contributed by atoms with Crippen molar-refractivity contribution < 1.29 is 19.4 Å². The van der Waals surface area contributed by atoms with Gasteiger partial charge in [0.05, 0.1) is 13.0 Å². The summed E-state index contributed by atoms with van der Waals surface area (Å²) < 4.78 is 11.2. The van der Waals surface area contributed by atoms with Crippen LogP contribution in [0.5, 0.6) is 11.5 Å². The summed E-state index contributed by atoms with van der Waals surface area (Å²) in [6, 6.07) is 7.65. The lowest BCUT2D eigenvalue weighted by Gasteiger charge is -2.38. The summed E-state index contributed by atoms with van der Waals surface area (Å²) in [7, 11) is 0. The first-order chi connectivity index (χ1) is 10.2. The van der Waals surface area contributed by atoms with Crippen LogP contribution < -0.4 is 9.47 Å². The van der Waals surface area contributed by atoms with Crippen molar-refractivity contribution in [2.45, 2.75) is 19.8 Å². The normalized spacial score (nSPS) is 15.5. The Kier molecular flexibility index (Phi) is 5.87. The van der Waals surface area contributed by atoms with E-state index in [1.807, 2.05) is 24.3 Å². The van der Waals surface area contributed by atoms with Gasteiger partial charge in [-0.3, -0.25) is 9.69 Å². The van der Waals surface area contributed by atoms with Crippen molar-refractivity contribution in [2.75, 3.05) is 32.8 Å². The number of ether oxygens (including phenoxy) is 2. The fourth-order valence-electron chi connectivity index (χ4n) is 2.38. The highest BCUT2D eigenvalue weighted by molar-refractivity contribution is 5.67. The van der Waals surface area contributed by atoms with Crippen molar-refractivity contribution >= 4 is 5.97 Å². The topological polar surface area (TPSA) is 59.0 Å². The number of nitrogens with zero attached hydrogens (tertiary/aromatic N) is 1. The summed E-state index contributed by atoms with van der Waals surface area (Å²) in [5.74, 6) is 1.30. The molecule has 5 heteroatoms. The Labute approximate surface area is 125 Å². The van der Waals surface area contributed by atoms with Gasteiger partial charge in [-0.2, -0.15) is 0 Å². The molecule has 0 radical (unpaired) electrons. The van der Waals surface area contributed by atoms with Crippen molar-refractivity contribution in [1.82, 2.24) is 4.90 Å². The second-order valence-corrected chi connectivity index (χ2v) is 5.39. The number of carboxylic acids is 1. The van der Waals surface area contributed by atoms with E-state index in [0.29, 0.717) is 12.5 Å². The Morgan fingerprint density at radius 3 is 2.29 bits per heavy atom. The van der Waals surface area contributed by atoms with E-state index in [1.54, 1.807) is 0 Å². The first-order valence-corrected chi connectivity index (χ1v) is 7.47. The predicted octanol–water partition coefficient (Wildman–Crippen LogP) is 2.26. The van der Waals surface area contributed by atoms with Crippen LogP contribution in [0.15, 0.2) is 24.3 Å². The van der Waals surface area contributed by atoms with Crippen molar-refractivity contribution in [3.8, 4) is 11.5 Å². The monoisotopic (exact) mass is 293 g/mol. The molecule has 0 unspecified atom stereocenters. The van der Waals surface area contributed by atoms with Gasteiger partial charge in [0.2, 0.25) is 0 Å². The molecule has 1 aromatic carbocycles. The highest BCUT2D eigenvalue weighted by Gasteiger charge is 2.27. The van der Waals surface area contributed by atoms with Gasteiger partial charge in [0.25, 0.3) is 0 Å². The second-order valence-electron chi connectivity index (χ2n) is 5.39. The molecule has 1 aliphatic heterocycles. The van der Waals surface area contributed by atoms with E-state index in [-0.39, 0.29) is 6.42 Å². The zero-order chi connectivity index (χ0) is 15.1. The molecule has 1 aromatic rings. The Morgan fingerprint density at radius 2 is 1.76 bits per heavy atom. The zero-order valence-electron chi connectivity index (χ0n) is 12.5. The molecule has 1 heterocycles. The molecule has 0 atom stereocenters. The minimum Gasteiger partial charge on any atom is -0.494 e. The molecule has 1 saturated heterocycles. The molecule has 21 heavy (non-hydrogen) atoms. The number of benzene rings is 1. The zero-order valence-corrected chi connectivity index (χ0v) is 12.5. The number of hydrogen-bond donors (Lipinski definition) is 1. The molecule has 0 saturated carbocycles. The van der Waals surface area contributed by atoms with Gasteiger partial charge < -0.3 is 14.6 Å². The van der Waals surface area contributed by atoms with E-state index < -0.39 is 5.97 Å². The second kappa shape index (κ2) is 7.88. The smallest absolute Gasteiger partial charge is 0.303 e. The van der Waals surface area contributed by atoms with Crippen LogP contribution in [0.1, 0.15) is 19.8 Å². The third kappa shape index (κ3) is 5.27. The minimum atomic E-state index is -0.707. The van der Waals surface area contributed by atoms with Crippen LogP contribution in [-0.4, -0.2) is 48.8 Å². The fourth-order valence-corrected chi connectivity index (χ4v) is 2.38. The summed E-state index contributed by atoms with van der Waals surface area (Å²) >= 11 is 0. The Hall–Kier alpha value is -1.75. The van der Waals surface area contributed by atoms with E-state index >= 15 is 0 Å². The van der Waals surface area contributed by atoms with E-state index in [9.17, 15) is 4.79 Å². The Morgan fingerprint density at radius 1 is 1.19 bits per heavy atom. The first kappa shape index (κ1) is 15.6. The molecule has 0 bridgehead atoms. The number of hydrogen-bond acceptors (Lipinski definition) is 4. The van der Waals surface area contributed by atoms with Crippen LogP contribution in [-0.2, 0) is 4.79 Å². The van der Waals surface area contributed by atoms with Gasteiger partial charge >= 0.3 is 5.97 Å². The van der Waals surface area contributed by atoms with Crippen LogP contribution in [0.3, 0.4) is 0 Å². The van der Waals surface area contributed by atoms with Crippen LogP contribution in [0.4, 0.5) is 0 Å². The van der Waals surface area contributed by atoms with Crippen molar-refractivity contribution in [1.29, 1.82) is 0 Å². The van der Waals surface area contributed by atoms with Gasteiger partial charge in [-0.25, -0.2) is 0 Å². The summed E-state index contributed by atoms with van der Waals surface area (Å²) in [6.45, 7) is 5.99. The molecule has 1 fully saturated rings. The average Bonchev–Trinajstić information content (AvgIpc) is 2.43. The molecular weight excluding hydrogens is 270 g/mol. The van der Waals surface area contributed by atoms with Gasteiger partial charge in [0.1, 0.15) is 18.1 Å². The van der Waals surface area contributed by atoms with Crippen molar-refractivity contribution in [3.63, 3.8) is 0 Å². The van der Waals surface area contributed by atoms with Crippen LogP contribution in [0, 0.1) is 5.92 Å². The van der Waals surface area contributed by atoms with Crippen molar-refractivity contribution in [3.05, 3.63) is 24.3 Å². The molecule has 1 N–H and O–H groups in total. The Bertz CT molecular complexity index is 440. The SMILES string of the molecule is CCCOc1ccc(OCCN2CC(CC(=O)O)C2)cc1. The molecule has 0 spiro atoms. The predicted molar refractivity (Wildman–Crippen MR) is 79.9 cm³/mol. The maximum absolute atomic E-state index is 10.5. The van der Waals surface area contributed by atoms with Gasteiger partial charge in [-0.1, -0.05) is 6.92 Å². The summed E-state index contributed by atoms with van der Waals surface area (Å²) in [5.41, 5.74) is 0. The lowest BCUT2D eigenvalue weighted by atomic mass is 9.97. The molecule has 2 rings (SSSR count). The quantitative estimate of drug-likeness (QED) is 0.757. The standard InChI is InChI=1S/C16H23NO4/c1-2-8-20-14-3-5-15(6-4-14)21-9-7-17-11-13(12-17)10-16(18)19/h3-6,13H,2,7-12H2,1H3,(H,18,19). The minimum absolute atomic E-state index is 0.274. The third-order valence-corrected chi connectivity index (χ3v) is 3.47. The maximum atomic E-state index is 10.5. The highest BCUT2D eigenvalue weighted by Crippen LogP contribution is 2.20. The third-order valence-electron chi connectivity index (χ3n) is 3.47. The van der Waals surface area contributed by atoms with E-state index in [4.69, 9.17) is 14.6 Å². The summed E-state index contributed by atoms with van der Waals surface area (Å²) in [4.78, 5) is 12.8. The maximum Gasteiger partial charge on any atom is 0.303 e. The summed E-state index contributed by atoms with van der Waals surface area (Å²) in [6.07, 6.45) is 1.27. The number of carboxylic acid groups (broad SMARTS) is 1. The molecular formula is C16H23NO4. The molecule has 5 nitrogen and oxygen atoms in total. The Balaban J connectivity index is 1.60. The fraction of sp³-hybridized carbons (Fsp3) is 0.562. The van der Waals surface area contributed by atoms with Gasteiger partial charge in [-0.05, 0) is 36.6 Å². The lowest BCUT2D eigenvalue weighted by molar-refractivity contribution is -0.139. The lowest BCUT2D eigenvalue weighted by Crippen LogP contribution is -2.48. The first-order valence-electron chi connectivity index (χ1n) is 7.47. The molecule has 0 aliphatic carbocycles. The number of likely N-dealkylation sites (tertiary alicyclic amines) is 1. The van der Waals surface area contributed by atoms with Crippen LogP contribution >= 0.6 is 0 Å².